The van der Waals surface area contributed by atoms with Gasteiger partial charge in [0.15, 0.2) is 12.2 Å². The maximum atomic E-state index is 13.5. The molecule has 254 valence electrons. The van der Waals surface area contributed by atoms with Gasteiger partial charge in [0, 0.05) is 12.3 Å². The first kappa shape index (κ1) is 34.0. The van der Waals surface area contributed by atoms with E-state index in [1.807, 2.05) is 97.1 Å². The van der Waals surface area contributed by atoms with Crippen molar-refractivity contribution in [2.45, 2.75) is 63.3 Å². The van der Waals surface area contributed by atoms with Gasteiger partial charge in [0.05, 0.1) is 32.8 Å². The lowest BCUT2D eigenvalue weighted by Gasteiger charge is -2.41. The van der Waals surface area contributed by atoms with Crippen LogP contribution in [0.4, 0.5) is 4.79 Å². The predicted octanol–water partition coefficient (Wildman–Crippen LogP) is 6.80. The van der Waals surface area contributed by atoms with Crippen LogP contribution >= 0.6 is 0 Å². The summed E-state index contributed by atoms with van der Waals surface area (Å²) in [6.45, 7) is 2.08. The summed E-state index contributed by atoms with van der Waals surface area (Å²) >= 11 is 0. The molecule has 1 saturated heterocycles. The second-order valence-electron chi connectivity index (χ2n) is 12.2. The Bertz CT molecular complexity index is 1660. The van der Waals surface area contributed by atoms with Crippen molar-refractivity contribution >= 4 is 17.9 Å². The maximum Gasteiger partial charge on any atom is 0.508 e. The van der Waals surface area contributed by atoms with E-state index in [0.29, 0.717) is 6.61 Å². The monoisotopic (exact) mass is 664 g/mol. The van der Waals surface area contributed by atoms with Gasteiger partial charge >= 0.3 is 12.1 Å². The lowest BCUT2D eigenvalue weighted by molar-refractivity contribution is -0.230. The van der Waals surface area contributed by atoms with Gasteiger partial charge in [0.25, 0.3) is 0 Å². The molecule has 2 aliphatic rings. The Morgan fingerprint density at radius 2 is 1.27 bits per heavy atom. The zero-order valence-corrected chi connectivity index (χ0v) is 27.4. The van der Waals surface area contributed by atoms with Crippen molar-refractivity contribution in [1.82, 2.24) is 0 Å². The molecule has 0 radical (unpaired) electrons. The number of hydrogen-bond donors (Lipinski definition) is 0. The van der Waals surface area contributed by atoms with Gasteiger partial charge < -0.3 is 33.2 Å². The van der Waals surface area contributed by atoms with Crippen LogP contribution in [0.3, 0.4) is 0 Å². The van der Waals surface area contributed by atoms with E-state index in [2.05, 4.69) is 12.1 Å². The van der Waals surface area contributed by atoms with Crippen molar-refractivity contribution in [1.29, 1.82) is 0 Å². The van der Waals surface area contributed by atoms with Crippen LogP contribution in [0.5, 0.6) is 0 Å². The number of rotatable bonds is 14. The van der Waals surface area contributed by atoms with E-state index in [4.69, 9.17) is 28.4 Å². The van der Waals surface area contributed by atoms with Gasteiger partial charge in [-0.2, -0.15) is 0 Å². The molecule has 9 nitrogen and oxygen atoms in total. The van der Waals surface area contributed by atoms with Crippen LogP contribution in [-0.2, 0) is 51.2 Å². The molecule has 0 N–H and O–H groups in total. The van der Waals surface area contributed by atoms with Crippen LogP contribution in [0.15, 0.2) is 109 Å². The van der Waals surface area contributed by atoms with Crippen LogP contribution in [0.2, 0.25) is 0 Å². The summed E-state index contributed by atoms with van der Waals surface area (Å²) in [4.78, 5) is 38.2. The molecule has 49 heavy (non-hydrogen) atoms. The van der Waals surface area contributed by atoms with Crippen molar-refractivity contribution in [3.05, 3.63) is 131 Å². The minimum absolute atomic E-state index is 0.0213. The summed E-state index contributed by atoms with van der Waals surface area (Å²) in [6, 6.07) is 35.3. The topological polar surface area (TPSA) is 107 Å². The van der Waals surface area contributed by atoms with E-state index in [1.165, 1.54) is 6.92 Å². The second kappa shape index (κ2) is 16.5. The third-order valence-corrected chi connectivity index (χ3v) is 8.74. The fraction of sp³-hybridized carbons (Fsp3) is 0.325. The van der Waals surface area contributed by atoms with Crippen LogP contribution in [0, 0.1) is 0 Å². The summed E-state index contributed by atoms with van der Waals surface area (Å²) in [7, 11) is 0. The molecule has 0 unspecified atom stereocenters. The second-order valence-corrected chi connectivity index (χ2v) is 12.2. The van der Waals surface area contributed by atoms with Crippen molar-refractivity contribution in [3.8, 4) is 11.1 Å². The molecule has 1 aliphatic carbocycles. The molecule has 1 aliphatic heterocycles. The molecule has 4 aromatic rings. The van der Waals surface area contributed by atoms with Gasteiger partial charge in [-0.25, -0.2) is 4.79 Å². The minimum atomic E-state index is -1.09. The molecular weight excluding hydrogens is 624 g/mol. The average Bonchev–Trinajstić information content (AvgIpc) is 3.45. The highest BCUT2D eigenvalue weighted by molar-refractivity contribution is 5.81. The predicted molar refractivity (Wildman–Crippen MR) is 181 cm³/mol. The lowest BCUT2D eigenvalue weighted by Crippen LogP contribution is -2.58. The molecule has 0 aromatic heterocycles. The minimum Gasteiger partial charge on any atom is -0.455 e. The Morgan fingerprint density at radius 1 is 0.673 bits per heavy atom. The smallest absolute Gasteiger partial charge is 0.455 e. The number of carbonyl (C=O) groups is 3. The van der Waals surface area contributed by atoms with Gasteiger partial charge in [-0.3, -0.25) is 4.79 Å². The zero-order chi connectivity index (χ0) is 34.0. The Morgan fingerprint density at radius 3 is 1.90 bits per heavy atom. The number of ketones is 1. The molecule has 0 saturated carbocycles. The fourth-order valence-electron chi connectivity index (χ4n) is 6.27. The first-order chi connectivity index (χ1) is 24.0. The van der Waals surface area contributed by atoms with Crippen LogP contribution in [0.25, 0.3) is 11.1 Å². The number of ether oxygens (including phenoxy) is 6. The Labute approximate surface area is 286 Å². The van der Waals surface area contributed by atoms with E-state index < -0.39 is 36.5 Å². The molecule has 1 fully saturated rings. The highest BCUT2D eigenvalue weighted by atomic mass is 16.7. The number of esters is 1. The molecule has 0 spiro atoms. The molecule has 4 aromatic carbocycles. The summed E-state index contributed by atoms with van der Waals surface area (Å²) in [5, 5.41) is 0. The fourth-order valence-corrected chi connectivity index (χ4v) is 6.27. The number of benzene rings is 4. The molecule has 1 heterocycles. The Balaban J connectivity index is 1.20. The first-order valence-corrected chi connectivity index (χ1v) is 16.6. The van der Waals surface area contributed by atoms with Crippen molar-refractivity contribution in [2.75, 3.05) is 19.8 Å². The highest BCUT2D eigenvalue weighted by Gasteiger charge is 2.47. The van der Waals surface area contributed by atoms with Gasteiger partial charge in [-0.05, 0) is 40.3 Å². The standard InChI is InChI=1S/C40H40O9/c1-27(41)20-21-37(42)48-38-35(25-44-22-28-12-4-2-5-13-28)46-26-36(45-23-29-14-6-3-7-15-29)39(38)49-40(43)47-24-34-32-18-10-8-16-30(32)31-17-9-11-19-33(31)34/h2-19,34-36,38-39H,20-26H2,1H3/t35-,36+,38-,39-/m1/s1. The van der Waals surface area contributed by atoms with E-state index in [-0.39, 0.29) is 51.0 Å². The molecule has 0 bridgehead atoms. The van der Waals surface area contributed by atoms with Gasteiger partial charge in [0.2, 0.25) is 0 Å². The first-order valence-electron chi connectivity index (χ1n) is 16.6. The van der Waals surface area contributed by atoms with Gasteiger partial charge in [0.1, 0.15) is 24.6 Å². The average molecular weight is 665 g/mol. The molecule has 4 atom stereocenters. The summed E-state index contributed by atoms with van der Waals surface area (Å²) in [6.07, 6.45) is -4.78. The number of hydrogen-bond acceptors (Lipinski definition) is 9. The summed E-state index contributed by atoms with van der Waals surface area (Å²) < 4.78 is 36.1. The summed E-state index contributed by atoms with van der Waals surface area (Å²) in [5.41, 5.74) is 6.22. The van der Waals surface area contributed by atoms with E-state index in [0.717, 1.165) is 33.4 Å². The van der Waals surface area contributed by atoms with Crippen molar-refractivity contribution in [3.63, 3.8) is 0 Å². The van der Waals surface area contributed by atoms with Crippen LogP contribution in [-0.4, -0.2) is 62.1 Å². The zero-order valence-electron chi connectivity index (χ0n) is 27.4. The van der Waals surface area contributed by atoms with Gasteiger partial charge in [-0.1, -0.05) is 109 Å². The Hall–Kier alpha value is -4.83. The summed E-state index contributed by atoms with van der Waals surface area (Å²) in [5.74, 6) is -0.934. The lowest BCUT2D eigenvalue weighted by atomic mass is 9.98. The largest absolute Gasteiger partial charge is 0.508 e. The third-order valence-electron chi connectivity index (χ3n) is 8.74. The number of fused-ring (bicyclic) bond motifs is 3. The molecule has 6 rings (SSSR count). The van der Waals surface area contributed by atoms with E-state index in [9.17, 15) is 14.4 Å². The van der Waals surface area contributed by atoms with Crippen molar-refractivity contribution in [2.24, 2.45) is 0 Å². The van der Waals surface area contributed by atoms with E-state index in [1.54, 1.807) is 0 Å². The number of Topliss-reactive ketones (excluding diaryl/α,β-unsaturated/α-hetero) is 1. The molecular formula is C40H40O9. The van der Waals surface area contributed by atoms with Crippen LogP contribution < -0.4 is 0 Å². The van der Waals surface area contributed by atoms with Crippen molar-refractivity contribution < 1.29 is 42.8 Å². The maximum absolute atomic E-state index is 13.5. The SMILES string of the molecule is CC(=O)CCC(=O)O[C@H]1[C@H](OC(=O)OCC2c3ccccc3-c3ccccc32)[C@@H](OCc2ccccc2)CO[C@@H]1COCc1ccccc1. The van der Waals surface area contributed by atoms with Gasteiger partial charge in [-0.15, -0.1) is 0 Å². The molecule has 9 heteroatoms. The molecule has 0 amide bonds. The normalized spacial score (nSPS) is 19.8. The third kappa shape index (κ3) is 8.80. The number of carbonyl (C=O) groups excluding carboxylic acids is 3. The Kier molecular flexibility index (Phi) is 11.5. The quantitative estimate of drug-likeness (QED) is 0.135. The van der Waals surface area contributed by atoms with E-state index >= 15 is 0 Å². The van der Waals surface area contributed by atoms with Crippen LogP contribution in [0.1, 0.15) is 47.9 Å². The highest BCUT2D eigenvalue weighted by Crippen LogP contribution is 2.44.